The fourth-order valence-corrected chi connectivity index (χ4v) is 1.47. The van der Waals surface area contributed by atoms with E-state index in [2.05, 4.69) is 10.3 Å². The van der Waals surface area contributed by atoms with Crippen LogP contribution in [0.25, 0.3) is 0 Å². The van der Waals surface area contributed by atoms with Crippen molar-refractivity contribution in [3.8, 4) is 0 Å². The topological polar surface area (TPSA) is 30.7 Å². The van der Waals surface area contributed by atoms with Crippen molar-refractivity contribution in [3.63, 3.8) is 0 Å². The predicted molar refractivity (Wildman–Crippen MR) is 59.8 cm³/mol. The maximum Gasteiger partial charge on any atom is 0.128 e. The summed E-state index contributed by atoms with van der Waals surface area (Å²) in [5, 5.41) is 7.60. The molecule has 0 spiro atoms. The molecule has 16 heavy (non-hydrogen) atoms. The molecular weight excluding hydrogens is 229 g/mol. The Bertz CT molecular complexity index is 482. The van der Waals surface area contributed by atoms with Crippen LogP contribution >= 0.6 is 11.6 Å². The quantitative estimate of drug-likeness (QED) is 0.771. The van der Waals surface area contributed by atoms with Crippen LogP contribution in [-0.4, -0.2) is 15.0 Å². The SMILES string of the molecule is CC(Cl)c1cn(Cc2ccccc2F)nn1. The van der Waals surface area contributed by atoms with Gasteiger partial charge in [-0.3, -0.25) is 0 Å². The fourth-order valence-electron chi connectivity index (χ4n) is 1.37. The van der Waals surface area contributed by atoms with Crippen LogP contribution in [0.3, 0.4) is 0 Å². The third kappa shape index (κ3) is 2.39. The van der Waals surface area contributed by atoms with E-state index in [0.717, 1.165) is 0 Å². The molecule has 0 N–H and O–H groups in total. The van der Waals surface area contributed by atoms with E-state index in [4.69, 9.17) is 11.6 Å². The zero-order chi connectivity index (χ0) is 11.5. The molecule has 1 aromatic heterocycles. The van der Waals surface area contributed by atoms with Crippen LogP contribution in [0.1, 0.15) is 23.6 Å². The third-order valence-electron chi connectivity index (χ3n) is 2.25. The summed E-state index contributed by atoms with van der Waals surface area (Å²) in [6.07, 6.45) is 1.73. The molecule has 0 aliphatic heterocycles. The Balaban J connectivity index is 2.18. The summed E-state index contributed by atoms with van der Waals surface area (Å²) in [5.41, 5.74) is 1.28. The van der Waals surface area contributed by atoms with Gasteiger partial charge in [0.2, 0.25) is 0 Å². The van der Waals surface area contributed by atoms with E-state index in [1.54, 1.807) is 29.1 Å². The summed E-state index contributed by atoms with van der Waals surface area (Å²) in [4.78, 5) is 0. The van der Waals surface area contributed by atoms with Crippen LogP contribution in [0.15, 0.2) is 30.5 Å². The van der Waals surface area contributed by atoms with Crippen LogP contribution in [-0.2, 0) is 6.54 Å². The first-order valence-electron chi connectivity index (χ1n) is 4.94. The van der Waals surface area contributed by atoms with Crippen molar-refractivity contribution >= 4 is 11.6 Å². The molecule has 0 amide bonds. The largest absolute Gasteiger partial charge is 0.248 e. The predicted octanol–water partition coefficient (Wildman–Crippen LogP) is 2.77. The van der Waals surface area contributed by atoms with Crippen molar-refractivity contribution in [2.24, 2.45) is 0 Å². The summed E-state index contributed by atoms with van der Waals surface area (Å²) in [5.74, 6) is -0.238. The highest BCUT2D eigenvalue weighted by Gasteiger charge is 2.08. The smallest absolute Gasteiger partial charge is 0.128 e. The Morgan fingerprint density at radius 2 is 2.19 bits per heavy atom. The number of hydrogen-bond acceptors (Lipinski definition) is 2. The van der Waals surface area contributed by atoms with Gasteiger partial charge in [0.25, 0.3) is 0 Å². The van der Waals surface area contributed by atoms with Gasteiger partial charge in [0.05, 0.1) is 18.1 Å². The van der Waals surface area contributed by atoms with E-state index in [0.29, 0.717) is 17.8 Å². The molecule has 0 saturated carbocycles. The molecule has 3 nitrogen and oxygen atoms in total. The lowest BCUT2D eigenvalue weighted by molar-refractivity contribution is 0.577. The van der Waals surface area contributed by atoms with Gasteiger partial charge in [-0.2, -0.15) is 0 Å². The van der Waals surface area contributed by atoms with Crippen molar-refractivity contribution in [1.29, 1.82) is 0 Å². The minimum atomic E-state index is -0.238. The second-order valence-corrected chi connectivity index (χ2v) is 4.20. The lowest BCUT2D eigenvalue weighted by Crippen LogP contribution is -2.02. The molecule has 1 unspecified atom stereocenters. The molecular formula is C11H11ClFN3. The van der Waals surface area contributed by atoms with Crippen LogP contribution in [0.5, 0.6) is 0 Å². The summed E-state index contributed by atoms with van der Waals surface area (Å²) < 4.78 is 14.9. The van der Waals surface area contributed by atoms with Crippen LogP contribution in [0.4, 0.5) is 4.39 Å². The van der Waals surface area contributed by atoms with Crippen molar-refractivity contribution in [1.82, 2.24) is 15.0 Å². The second kappa shape index (κ2) is 4.61. The molecule has 0 radical (unpaired) electrons. The van der Waals surface area contributed by atoms with E-state index in [1.165, 1.54) is 6.07 Å². The van der Waals surface area contributed by atoms with Crippen molar-refractivity contribution in [3.05, 3.63) is 47.5 Å². The van der Waals surface area contributed by atoms with Crippen LogP contribution in [0.2, 0.25) is 0 Å². The van der Waals surface area contributed by atoms with Gasteiger partial charge >= 0.3 is 0 Å². The van der Waals surface area contributed by atoms with E-state index >= 15 is 0 Å². The number of nitrogens with zero attached hydrogens (tertiary/aromatic N) is 3. The monoisotopic (exact) mass is 239 g/mol. The molecule has 0 aliphatic carbocycles. The van der Waals surface area contributed by atoms with Crippen molar-refractivity contribution < 1.29 is 4.39 Å². The standard InChI is InChI=1S/C11H11ClFN3/c1-8(12)11-7-16(15-14-11)6-9-4-2-3-5-10(9)13/h2-5,7-8H,6H2,1H3. The summed E-state index contributed by atoms with van der Waals surface area (Å²) in [7, 11) is 0. The van der Waals surface area contributed by atoms with Crippen molar-refractivity contribution in [2.45, 2.75) is 18.8 Å². The maximum absolute atomic E-state index is 13.4. The van der Waals surface area contributed by atoms with E-state index in [-0.39, 0.29) is 11.2 Å². The highest BCUT2D eigenvalue weighted by Crippen LogP contribution is 2.16. The minimum Gasteiger partial charge on any atom is -0.248 e. The van der Waals surface area contributed by atoms with Gasteiger partial charge in [-0.15, -0.1) is 16.7 Å². The number of benzene rings is 1. The average molecular weight is 240 g/mol. The summed E-state index contributed by atoms with van der Waals surface area (Å²) >= 11 is 5.86. The Hall–Kier alpha value is -1.42. The first-order valence-corrected chi connectivity index (χ1v) is 5.38. The molecule has 2 rings (SSSR count). The van der Waals surface area contributed by atoms with E-state index < -0.39 is 0 Å². The highest BCUT2D eigenvalue weighted by atomic mass is 35.5. The Morgan fingerprint density at radius 1 is 1.44 bits per heavy atom. The Morgan fingerprint density at radius 3 is 2.81 bits per heavy atom. The summed E-state index contributed by atoms with van der Waals surface area (Å²) in [6, 6.07) is 6.60. The molecule has 2 aromatic rings. The van der Waals surface area contributed by atoms with E-state index in [9.17, 15) is 4.39 Å². The van der Waals surface area contributed by atoms with Gasteiger partial charge in [-0.25, -0.2) is 9.07 Å². The van der Waals surface area contributed by atoms with Gasteiger partial charge in [0.15, 0.2) is 0 Å². The molecule has 1 aromatic carbocycles. The molecule has 0 bridgehead atoms. The van der Waals surface area contributed by atoms with Gasteiger partial charge in [-0.05, 0) is 13.0 Å². The van der Waals surface area contributed by atoms with Gasteiger partial charge in [-0.1, -0.05) is 23.4 Å². The zero-order valence-electron chi connectivity index (χ0n) is 8.77. The number of hydrogen-bond donors (Lipinski definition) is 0. The second-order valence-electron chi connectivity index (χ2n) is 3.55. The lowest BCUT2D eigenvalue weighted by Gasteiger charge is -2.01. The first-order chi connectivity index (χ1) is 7.66. The highest BCUT2D eigenvalue weighted by molar-refractivity contribution is 6.20. The van der Waals surface area contributed by atoms with Gasteiger partial charge < -0.3 is 0 Å². The molecule has 1 heterocycles. The molecule has 0 fully saturated rings. The molecule has 0 saturated heterocycles. The first kappa shape index (κ1) is 11.1. The molecule has 0 aliphatic rings. The Labute approximate surface area is 97.8 Å². The van der Waals surface area contributed by atoms with E-state index in [1.807, 2.05) is 6.92 Å². The third-order valence-corrected chi connectivity index (χ3v) is 2.48. The van der Waals surface area contributed by atoms with Gasteiger partial charge in [0.1, 0.15) is 11.5 Å². The molecule has 84 valence electrons. The number of halogens is 2. The number of aromatic nitrogens is 3. The van der Waals surface area contributed by atoms with Crippen molar-refractivity contribution in [2.75, 3.05) is 0 Å². The van der Waals surface area contributed by atoms with Crippen LogP contribution < -0.4 is 0 Å². The number of rotatable bonds is 3. The molecule has 1 atom stereocenters. The zero-order valence-corrected chi connectivity index (χ0v) is 9.52. The average Bonchev–Trinajstić information content (AvgIpc) is 2.70. The Kier molecular flexibility index (Phi) is 3.19. The maximum atomic E-state index is 13.4. The minimum absolute atomic E-state index is 0.186. The van der Waals surface area contributed by atoms with Crippen LogP contribution in [0, 0.1) is 5.82 Å². The fraction of sp³-hybridized carbons (Fsp3) is 0.273. The number of alkyl halides is 1. The molecule has 5 heteroatoms. The van der Waals surface area contributed by atoms with Gasteiger partial charge in [0, 0.05) is 5.56 Å². The normalized spacial score (nSPS) is 12.7. The lowest BCUT2D eigenvalue weighted by atomic mass is 10.2. The summed E-state index contributed by atoms with van der Waals surface area (Å²) in [6.45, 7) is 2.18.